The Hall–Kier alpha value is -2.15. The minimum atomic E-state index is -1.14. The van der Waals surface area contributed by atoms with Crippen molar-refractivity contribution in [3.05, 3.63) is 35.5 Å². The first-order valence-corrected chi connectivity index (χ1v) is 6.51. The Morgan fingerprint density at radius 3 is 3.10 bits per heavy atom. The van der Waals surface area contributed by atoms with Crippen LogP contribution in [0.2, 0.25) is 0 Å². The fourth-order valence-corrected chi connectivity index (χ4v) is 2.58. The number of aryl methyl sites for hydroxylation is 1. The fraction of sp³-hybridized carbons (Fsp3) is 0.462. The van der Waals surface area contributed by atoms with Crippen LogP contribution >= 0.6 is 0 Å². The molecule has 1 amide bonds. The summed E-state index contributed by atoms with van der Waals surface area (Å²) in [5.74, 6) is 0.556. The highest BCUT2D eigenvalue weighted by Crippen LogP contribution is 2.30. The normalized spacial score (nSPS) is 23.0. The summed E-state index contributed by atoms with van der Waals surface area (Å²) in [5, 5.41) is 20.8. The van der Waals surface area contributed by atoms with E-state index < -0.39 is 5.60 Å². The number of likely N-dealkylation sites (tertiary alicyclic amines) is 1. The summed E-state index contributed by atoms with van der Waals surface area (Å²) in [4.78, 5) is 14.0. The SMILES string of the molecule is Cc1cc(C(=O)N2CCCC(O)(c3cn[nH]n3)C2)co1. The minimum Gasteiger partial charge on any atom is -0.469 e. The number of carbonyl (C=O) groups excluding carboxylic acids is 1. The van der Waals surface area contributed by atoms with Crippen molar-refractivity contribution in [1.82, 2.24) is 20.3 Å². The van der Waals surface area contributed by atoms with E-state index in [1.807, 2.05) is 0 Å². The van der Waals surface area contributed by atoms with Crippen LogP contribution < -0.4 is 0 Å². The number of piperidine rings is 1. The van der Waals surface area contributed by atoms with Gasteiger partial charge in [-0.15, -0.1) is 0 Å². The second kappa shape index (κ2) is 4.75. The molecule has 3 rings (SSSR count). The molecule has 0 spiro atoms. The highest BCUT2D eigenvalue weighted by atomic mass is 16.3. The van der Waals surface area contributed by atoms with Gasteiger partial charge in [0.25, 0.3) is 5.91 Å². The van der Waals surface area contributed by atoms with Crippen LogP contribution in [0.15, 0.2) is 22.9 Å². The molecule has 0 aromatic carbocycles. The monoisotopic (exact) mass is 276 g/mol. The summed E-state index contributed by atoms with van der Waals surface area (Å²) in [6, 6.07) is 1.70. The molecule has 1 unspecified atom stereocenters. The largest absolute Gasteiger partial charge is 0.469 e. The van der Waals surface area contributed by atoms with Gasteiger partial charge in [-0.2, -0.15) is 15.4 Å². The van der Waals surface area contributed by atoms with Gasteiger partial charge in [0.2, 0.25) is 0 Å². The molecular weight excluding hydrogens is 260 g/mol. The van der Waals surface area contributed by atoms with Gasteiger partial charge in [-0.3, -0.25) is 4.79 Å². The zero-order valence-electron chi connectivity index (χ0n) is 11.2. The maximum atomic E-state index is 12.4. The lowest BCUT2D eigenvalue weighted by Crippen LogP contribution is -2.48. The molecule has 7 nitrogen and oxygen atoms in total. The summed E-state index contributed by atoms with van der Waals surface area (Å²) in [6.45, 7) is 2.62. The molecule has 0 aliphatic carbocycles. The molecule has 0 saturated carbocycles. The zero-order valence-corrected chi connectivity index (χ0v) is 11.2. The minimum absolute atomic E-state index is 0.136. The van der Waals surface area contributed by atoms with Gasteiger partial charge >= 0.3 is 0 Å². The van der Waals surface area contributed by atoms with Crippen molar-refractivity contribution >= 4 is 5.91 Å². The molecule has 2 N–H and O–H groups in total. The first-order valence-electron chi connectivity index (χ1n) is 6.51. The number of carbonyl (C=O) groups is 1. The van der Waals surface area contributed by atoms with Crippen LogP contribution in [-0.2, 0) is 5.60 Å². The maximum absolute atomic E-state index is 12.4. The summed E-state index contributed by atoms with van der Waals surface area (Å²) in [5.41, 5.74) is -0.162. The number of aromatic amines is 1. The number of β-amino-alcohol motifs (C(OH)–C–C–N with tert-alkyl or cyclic N) is 1. The molecule has 2 aromatic rings. The Bertz CT molecular complexity index is 607. The topological polar surface area (TPSA) is 95.2 Å². The lowest BCUT2D eigenvalue weighted by atomic mass is 9.90. The van der Waals surface area contributed by atoms with Crippen LogP contribution in [0.5, 0.6) is 0 Å². The molecule has 106 valence electrons. The molecule has 0 radical (unpaired) electrons. The maximum Gasteiger partial charge on any atom is 0.257 e. The molecule has 0 bridgehead atoms. The molecule has 1 aliphatic heterocycles. The average Bonchev–Trinajstić information content (AvgIpc) is 3.09. The third-order valence-electron chi connectivity index (χ3n) is 3.63. The second-order valence-electron chi connectivity index (χ2n) is 5.16. The van der Waals surface area contributed by atoms with Crippen LogP contribution in [0.4, 0.5) is 0 Å². The molecule has 1 atom stereocenters. The van der Waals surface area contributed by atoms with Gasteiger partial charge in [-0.05, 0) is 25.8 Å². The summed E-state index contributed by atoms with van der Waals surface area (Å²) in [7, 11) is 0. The van der Waals surface area contributed by atoms with Crippen molar-refractivity contribution in [2.75, 3.05) is 13.1 Å². The van der Waals surface area contributed by atoms with Crippen LogP contribution in [0.1, 0.15) is 34.7 Å². The number of hydrogen-bond donors (Lipinski definition) is 2. The van der Waals surface area contributed by atoms with E-state index in [9.17, 15) is 9.90 Å². The molecule has 3 heterocycles. The summed E-state index contributed by atoms with van der Waals surface area (Å²) >= 11 is 0. The third kappa shape index (κ3) is 2.20. The Morgan fingerprint density at radius 1 is 1.60 bits per heavy atom. The Kier molecular flexibility index (Phi) is 3.06. The van der Waals surface area contributed by atoms with Gasteiger partial charge in [0, 0.05) is 6.54 Å². The number of H-pyrrole nitrogens is 1. The first kappa shape index (κ1) is 12.9. The predicted molar refractivity (Wildman–Crippen MR) is 68.9 cm³/mol. The van der Waals surface area contributed by atoms with Crippen molar-refractivity contribution in [1.29, 1.82) is 0 Å². The molecule has 1 saturated heterocycles. The van der Waals surface area contributed by atoms with Gasteiger partial charge in [0.1, 0.15) is 23.3 Å². The molecular formula is C13H16N4O3. The van der Waals surface area contributed by atoms with E-state index in [1.165, 1.54) is 12.5 Å². The first-order chi connectivity index (χ1) is 9.58. The molecule has 2 aromatic heterocycles. The number of hydrogen-bond acceptors (Lipinski definition) is 5. The fourth-order valence-electron chi connectivity index (χ4n) is 2.58. The van der Waals surface area contributed by atoms with Gasteiger partial charge in [-0.1, -0.05) is 0 Å². The van der Waals surface area contributed by atoms with E-state index in [0.29, 0.717) is 36.4 Å². The van der Waals surface area contributed by atoms with Crippen molar-refractivity contribution in [3.8, 4) is 0 Å². The third-order valence-corrected chi connectivity index (χ3v) is 3.63. The van der Waals surface area contributed by atoms with E-state index in [4.69, 9.17) is 4.42 Å². The Labute approximate surface area is 115 Å². The quantitative estimate of drug-likeness (QED) is 0.847. The molecule has 1 fully saturated rings. The smallest absolute Gasteiger partial charge is 0.257 e. The summed E-state index contributed by atoms with van der Waals surface area (Å²) in [6.07, 6.45) is 4.22. The predicted octanol–water partition coefficient (Wildman–Crippen LogP) is 0.830. The number of nitrogens with one attached hydrogen (secondary N) is 1. The van der Waals surface area contributed by atoms with Crippen LogP contribution in [0.3, 0.4) is 0 Å². The standard InChI is InChI=1S/C13H16N4O3/c1-9-5-10(7-20-9)12(18)17-4-2-3-13(19,8-17)11-6-14-16-15-11/h5-7,19H,2-4,8H2,1H3,(H,14,15,16). The van der Waals surface area contributed by atoms with E-state index in [2.05, 4.69) is 15.4 Å². The van der Waals surface area contributed by atoms with E-state index in [0.717, 1.165) is 0 Å². The number of amides is 1. The van der Waals surface area contributed by atoms with Crippen LogP contribution in [-0.4, -0.2) is 44.4 Å². The molecule has 7 heteroatoms. The lowest BCUT2D eigenvalue weighted by molar-refractivity contribution is -0.0320. The van der Waals surface area contributed by atoms with Gasteiger partial charge in [-0.25, -0.2) is 0 Å². The molecule has 20 heavy (non-hydrogen) atoms. The number of furan rings is 1. The van der Waals surface area contributed by atoms with Gasteiger partial charge in [0.05, 0.1) is 18.3 Å². The van der Waals surface area contributed by atoms with Crippen molar-refractivity contribution in [3.63, 3.8) is 0 Å². The zero-order chi connectivity index (χ0) is 14.2. The van der Waals surface area contributed by atoms with Gasteiger partial charge in [0.15, 0.2) is 0 Å². The van der Waals surface area contributed by atoms with Crippen LogP contribution in [0.25, 0.3) is 0 Å². The van der Waals surface area contributed by atoms with E-state index >= 15 is 0 Å². The number of rotatable bonds is 2. The highest BCUT2D eigenvalue weighted by molar-refractivity contribution is 5.94. The number of aromatic nitrogens is 3. The van der Waals surface area contributed by atoms with E-state index in [1.54, 1.807) is 17.9 Å². The second-order valence-corrected chi connectivity index (χ2v) is 5.16. The Morgan fingerprint density at radius 2 is 2.45 bits per heavy atom. The lowest BCUT2D eigenvalue weighted by Gasteiger charge is -2.37. The van der Waals surface area contributed by atoms with Crippen molar-refractivity contribution in [2.45, 2.75) is 25.4 Å². The number of nitrogens with zero attached hydrogens (tertiary/aromatic N) is 3. The van der Waals surface area contributed by atoms with Crippen molar-refractivity contribution < 1.29 is 14.3 Å². The van der Waals surface area contributed by atoms with Crippen LogP contribution in [0, 0.1) is 6.92 Å². The highest BCUT2D eigenvalue weighted by Gasteiger charge is 2.39. The van der Waals surface area contributed by atoms with Gasteiger partial charge < -0.3 is 14.4 Å². The molecule has 1 aliphatic rings. The van der Waals surface area contributed by atoms with Crippen molar-refractivity contribution in [2.24, 2.45) is 0 Å². The summed E-state index contributed by atoms with van der Waals surface area (Å²) < 4.78 is 5.16. The average molecular weight is 276 g/mol. The Balaban J connectivity index is 1.80. The number of aliphatic hydroxyl groups is 1. The van der Waals surface area contributed by atoms with E-state index in [-0.39, 0.29) is 12.5 Å².